The van der Waals surface area contributed by atoms with Crippen LogP contribution in [0.2, 0.25) is 0 Å². The maximum Gasteiger partial charge on any atom is 0.252 e. The van der Waals surface area contributed by atoms with E-state index in [-0.39, 0.29) is 5.56 Å². The second-order valence-electron chi connectivity index (χ2n) is 5.16. The minimum atomic E-state index is -0.0997. The van der Waals surface area contributed by atoms with Crippen LogP contribution >= 0.6 is 15.9 Å². The van der Waals surface area contributed by atoms with Crippen molar-refractivity contribution in [2.45, 2.75) is 6.54 Å². The van der Waals surface area contributed by atoms with Crippen LogP contribution in [0.5, 0.6) is 0 Å². The summed E-state index contributed by atoms with van der Waals surface area (Å²) in [6.45, 7) is 4.71. The fourth-order valence-electron chi connectivity index (χ4n) is 2.51. The smallest absolute Gasteiger partial charge is 0.252 e. The first-order valence-electron chi connectivity index (χ1n) is 6.97. The van der Waals surface area contributed by atoms with Gasteiger partial charge in [-0.2, -0.15) is 0 Å². The second kappa shape index (κ2) is 6.41. The highest BCUT2D eigenvalue weighted by atomic mass is 79.9. The van der Waals surface area contributed by atoms with E-state index in [2.05, 4.69) is 60.0 Å². The minimum absolute atomic E-state index is 0.0997. The normalized spacial score (nSPS) is 16.1. The molecule has 2 aromatic rings. The first kappa shape index (κ1) is 14.3. The molecule has 1 aliphatic rings. The molecule has 0 amide bonds. The van der Waals surface area contributed by atoms with Gasteiger partial charge in [-0.3, -0.25) is 9.69 Å². The van der Waals surface area contributed by atoms with Crippen LogP contribution in [0.25, 0.3) is 0 Å². The van der Waals surface area contributed by atoms with E-state index in [1.165, 1.54) is 11.9 Å². The Morgan fingerprint density at radius 1 is 1.14 bits per heavy atom. The summed E-state index contributed by atoms with van der Waals surface area (Å²) in [6.07, 6.45) is 1.46. The number of nitrogens with zero attached hydrogens (tertiary/aromatic N) is 3. The first-order chi connectivity index (χ1) is 10.2. The Balaban J connectivity index is 1.57. The highest BCUT2D eigenvalue weighted by Gasteiger charge is 2.18. The summed E-state index contributed by atoms with van der Waals surface area (Å²) < 4.78 is 1.11. The molecule has 1 fully saturated rings. The molecule has 0 spiro atoms. The largest absolute Gasteiger partial charge is 0.354 e. The van der Waals surface area contributed by atoms with E-state index in [0.29, 0.717) is 0 Å². The lowest BCUT2D eigenvalue weighted by Crippen LogP contribution is -2.46. The van der Waals surface area contributed by atoms with Crippen molar-refractivity contribution in [1.82, 2.24) is 14.9 Å². The van der Waals surface area contributed by atoms with Gasteiger partial charge in [-0.05, 0) is 17.7 Å². The van der Waals surface area contributed by atoms with E-state index in [0.717, 1.165) is 43.0 Å². The fraction of sp³-hybridized carbons (Fsp3) is 0.333. The van der Waals surface area contributed by atoms with E-state index < -0.39 is 0 Å². The molecule has 1 N–H and O–H groups in total. The Hall–Kier alpha value is -1.66. The summed E-state index contributed by atoms with van der Waals surface area (Å²) in [7, 11) is 0. The number of nitrogens with one attached hydrogen (secondary N) is 1. The molecular formula is C15H17BrN4O. The second-order valence-corrected chi connectivity index (χ2v) is 6.07. The third kappa shape index (κ3) is 3.71. The summed E-state index contributed by atoms with van der Waals surface area (Å²) in [5.41, 5.74) is 1.22. The van der Waals surface area contributed by atoms with Crippen LogP contribution in [0, 0.1) is 0 Å². The predicted molar refractivity (Wildman–Crippen MR) is 86.5 cm³/mol. The molecule has 1 aliphatic heterocycles. The molecule has 0 unspecified atom stereocenters. The van der Waals surface area contributed by atoms with E-state index in [1.807, 2.05) is 0 Å². The van der Waals surface area contributed by atoms with Gasteiger partial charge in [0.1, 0.15) is 5.82 Å². The van der Waals surface area contributed by atoms with Crippen molar-refractivity contribution in [3.05, 3.63) is 57.0 Å². The molecule has 5 nitrogen and oxygen atoms in total. The molecule has 0 saturated carbocycles. The number of aromatic amines is 1. The number of piperazine rings is 1. The van der Waals surface area contributed by atoms with Crippen LogP contribution < -0.4 is 10.5 Å². The highest BCUT2D eigenvalue weighted by Crippen LogP contribution is 2.15. The van der Waals surface area contributed by atoms with Gasteiger partial charge in [0.15, 0.2) is 0 Å². The zero-order valence-corrected chi connectivity index (χ0v) is 13.2. The van der Waals surface area contributed by atoms with Gasteiger partial charge in [-0.15, -0.1) is 0 Å². The minimum Gasteiger partial charge on any atom is -0.354 e. The maximum absolute atomic E-state index is 11.3. The van der Waals surface area contributed by atoms with Crippen molar-refractivity contribution in [2.24, 2.45) is 0 Å². The van der Waals surface area contributed by atoms with Crippen LogP contribution in [0.3, 0.4) is 0 Å². The number of hydrogen-bond acceptors (Lipinski definition) is 4. The molecular weight excluding hydrogens is 332 g/mol. The Morgan fingerprint density at radius 3 is 2.52 bits per heavy atom. The molecule has 0 radical (unpaired) electrons. The fourth-order valence-corrected chi connectivity index (χ4v) is 2.78. The summed E-state index contributed by atoms with van der Waals surface area (Å²) in [5, 5.41) is 0. The predicted octanol–water partition coefficient (Wildman–Crippen LogP) is 1.85. The van der Waals surface area contributed by atoms with Gasteiger partial charge < -0.3 is 9.88 Å². The lowest BCUT2D eigenvalue weighted by atomic mass is 10.2. The van der Waals surface area contributed by atoms with Gasteiger partial charge in [-0.1, -0.05) is 28.1 Å². The van der Waals surface area contributed by atoms with Crippen LogP contribution in [-0.2, 0) is 6.54 Å². The quantitative estimate of drug-likeness (QED) is 0.919. The number of H-pyrrole nitrogens is 1. The molecule has 0 bridgehead atoms. The molecule has 110 valence electrons. The van der Waals surface area contributed by atoms with Gasteiger partial charge in [0.25, 0.3) is 5.56 Å². The Labute approximate surface area is 131 Å². The van der Waals surface area contributed by atoms with Crippen LogP contribution in [0.4, 0.5) is 5.82 Å². The molecule has 0 aliphatic carbocycles. The lowest BCUT2D eigenvalue weighted by Gasteiger charge is -2.35. The van der Waals surface area contributed by atoms with Gasteiger partial charge in [0.2, 0.25) is 0 Å². The van der Waals surface area contributed by atoms with E-state index >= 15 is 0 Å². The molecule has 6 heteroatoms. The average Bonchev–Trinajstić information content (AvgIpc) is 2.50. The number of rotatable bonds is 3. The van der Waals surface area contributed by atoms with Gasteiger partial charge in [0, 0.05) is 43.3 Å². The standard InChI is InChI=1S/C15H17BrN4O/c16-13-3-1-12(2-4-13)10-19-5-7-20(8-6-19)14-9-15(21)18-11-17-14/h1-4,9,11H,5-8,10H2,(H,17,18,21). The Morgan fingerprint density at radius 2 is 1.86 bits per heavy atom. The Kier molecular flexibility index (Phi) is 4.36. The van der Waals surface area contributed by atoms with Crippen LogP contribution in [0.1, 0.15) is 5.56 Å². The number of halogens is 1. The monoisotopic (exact) mass is 348 g/mol. The molecule has 2 heterocycles. The maximum atomic E-state index is 11.3. The summed E-state index contributed by atoms with van der Waals surface area (Å²) in [5.74, 6) is 0.766. The number of hydrogen-bond donors (Lipinski definition) is 1. The van der Waals surface area contributed by atoms with Crippen molar-refractivity contribution in [1.29, 1.82) is 0 Å². The third-order valence-corrected chi connectivity index (χ3v) is 4.21. The zero-order chi connectivity index (χ0) is 14.7. The van der Waals surface area contributed by atoms with E-state index in [4.69, 9.17) is 0 Å². The van der Waals surface area contributed by atoms with Crippen molar-refractivity contribution in [3.63, 3.8) is 0 Å². The Bertz CT molecular complexity index is 647. The van der Waals surface area contributed by atoms with Crippen molar-refractivity contribution >= 4 is 21.7 Å². The van der Waals surface area contributed by atoms with E-state index in [9.17, 15) is 4.79 Å². The van der Waals surface area contributed by atoms with E-state index in [1.54, 1.807) is 6.07 Å². The summed E-state index contributed by atoms with van der Waals surface area (Å²) in [6, 6.07) is 10.0. The lowest BCUT2D eigenvalue weighted by molar-refractivity contribution is 0.249. The number of anilines is 1. The van der Waals surface area contributed by atoms with Gasteiger partial charge in [0.05, 0.1) is 6.33 Å². The molecule has 1 aromatic heterocycles. The zero-order valence-electron chi connectivity index (χ0n) is 11.6. The number of aromatic nitrogens is 2. The van der Waals surface area contributed by atoms with Gasteiger partial charge in [-0.25, -0.2) is 4.98 Å². The molecule has 3 rings (SSSR count). The highest BCUT2D eigenvalue weighted by molar-refractivity contribution is 9.10. The van der Waals surface area contributed by atoms with Crippen molar-refractivity contribution < 1.29 is 0 Å². The summed E-state index contributed by atoms with van der Waals surface area (Å²) in [4.78, 5) is 22.7. The average molecular weight is 349 g/mol. The van der Waals surface area contributed by atoms with Crippen LogP contribution in [-0.4, -0.2) is 41.0 Å². The van der Waals surface area contributed by atoms with Crippen LogP contribution in [0.15, 0.2) is 45.9 Å². The number of benzene rings is 1. The molecule has 0 atom stereocenters. The van der Waals surface area contributed by atoms with Crippen molar-refractivity contribution in [2.75, 3.05) is 31.1 Å². The molecule has 1 aromatic carbocycles. The first-order valence-corrected chi connectivity index (χ1v) is 7.76. The SMILES string of the molecule is O=c1cc(N2CCN(Cc3ccc(Br)cc3)CC2)nc[nH]1. The third-order valence-electron chi connectivity index (χ3n) is 3.68. The topological polar surface area (TPSA) is 52.2 Å². The summed E-state index contributed by atoms with van der Waals surface area (Å²) >= 11 is 3.45. The van der Waals surface area contributed by atoms with Crippen molar-refractivity contribution in [3.8, 4) is 0 Å². The molecule has 1 saturated heterocycles. The van der Waals surface area contributed by atoms with Gasteiger partial charge >= 0.3 is 0 Å². The molecule has 21 heavy (non-hydrogen) atoms.